The summed E-state index contributed by atoms with van der Waals surface area (Å²) in [5.74, 6) is 0. The van der Waals surface area contributed by atoms with Crippen molar-refractivity contribution < 1.29 is 4.92 Å². The van der Waals surface area contributed by atoms with Gasteiger partial charge in [-0.3, -0.25) is 10.1 Å². The summed E-state index contributed by atoms with van der Waals surface area (Å²) in [7, 11) is 0. The Hall–Kier alpha value is -2.94. The van der Waals surface area contributed by atoms with Gasteiger partial charge < -0.3 is 0 Å². The number of nitrogens with zero attached hydrogens (tertiary/aromatic N) is 1. The van der Waals surface area contributed by atoms with E-state index in [4.69, 9.17) is 0 Å². The molecule has 0 amide bonds. The van der Waals surface area contributed by atoms with Crippen LogP contribution in [0.25, 0.3) is 22.9 Å². The molecule has 0 aliphatic heterocycles. The molecule has 3 aromatic rings. The lowest BCUT2D eigenvalue weighted by Gasteiger charge is -1.99. The van der Waals surface area contributed by atoms with Crippen LogP contribution in [-0.2, 0) is 0 Å². The standard InChI is InChI=1S/C18H13NO2/c20-19(21)18-11-8-14(9-12-18)5-6-15-7-10-16-3-1-2-4-17(16)13-15/h1-13H. The van der Waals surface area contributed by atoms with Gasteiger partial charge in [0.1, 0.15) is 0 Å². The van der Waals surface area contributed by atoms with Crippen molar-refractivity contribution in [2.24, 2.45) is 0 Å². The summed E-state index contributed by atoms with van der Waals surface area (Å²) in [6, 6.07) is 21.0. The van der Waals surface area contributed by atoms with E-state index in [-0.39, 0.29) is 5.69 Å². The second-order valence-electron chi connectivity index (χ2n) is 4.79. The zero-order valence-corrected chi connectivity index (χ0v) is 11.3. The zero-order valence-electron chi connectivity index (χ0n) is 11.3. The third-order valence-electron chi connectivity index (χ3n) is 3.35. The lowest BCUT2D eigenvalue weighted by atomic mass is 10.1. The van der Waals surface area contributed by atoms with Crippen molar-refractivity contribution >= 4 is 28.6 Å². The Morgan fingerprint density at radius 3 is 2.10 bits per heavy atom. The van der Waals surface area contributed by atoms with E-state index in [1.165, 1.54) is 22.9 Å². The van der Waals surface area contributed by atoms with E-state index in [1.54, 1.807) is 12.1 Å². The number of benzene rings is 3. The highest BCUT2D eigenvalue weighted by atomic mass is 16.6. The molecule has 0 atom stereocenters. The van der Waals surface area contributed by atoms with Gasteiger partial charge in [0.2, 0.25) is 0 Å². The number of hydrogen-bond acceptors (Lipinski definition) is 2. The van der Waals surface area contributed by atoms with Gasteiger partial charge in [-0.2, -0.15) is 0 Å². The molecule has 0 aliphatic carbocycles. The van der Waals surface area contributed by atoms with Crippen molar-refractivity contribution in [3.63, 3.8) is 0 Å². The second kappa shape index (κ2) is 5.59. The Morgan fingerprint density at radius 1 is 0.762 bits per heavy atom. The molecule has 0 saturated heterocycles. The largest absolute Gasteiger partial charge is 0.269 e. The predicted octanol–water partition coefficient (Wildman–Crippen LogP) is 4.92. The molecule has 0 heterocycles. The molecule has 0 bridgehead atoms. The zero-order chi connectivity index (χ0) is 14.7. The predicted molar refractivity (Wildman–Crippen MR) is 86.0 cm³/mol. The van der Waals surface area contributed by atoms with E-state index >= 15 is 0 Å². The van der Waals surface area contributed by atoms with E-state index in [1.807, 2.05) is 24.3 Å². The molecule has 0 unspecified atom stereocenters. The highest BCUT2D eigenvalue weighted by Gasteiger charge is 2.02. The Balaban J connectivity index is 1.85. The lowest BCUT2D eigenvalue weighted by Crippen LogP contribution is -1.86. The maximum Gasteiger partial charge on any atom is 0.269 e. The van der Waals surface area contributed by atoms with Crippen LogP contribution in [0.2, 0.25) is 0 Å². The van der Waals surface area contributed by atoms with Crippen LogP contribution < -0.4 is 0 Å². The van der Waals surface area contributed by atoms with Crippen molar-refractivity contribution in [1.29, 1.82) is 0 Å². The molecule has 3 rings (SSSR count). The Bertz CT molecular complexity index is 820. The second-order valence-corrected chi connectivity index (χ2v) is 4.79. The molecule has 0 N–H and O–H groups in total. The number of hydrogen-bond donors (Lipinski definition) is 0. The topological polar surface area (TPSA) is 43.1 Å². The molecule has 3 heteroatoms. The maximum atomic E-state index is 10.6. The van der Waals surface area contributed by atoms with Gasteiger partial charge in [0.05, 0.1) is 4.92 Å². The molecule has 3 aromatic carbocycles. The minimum atomic E-state index is -0.392. The fourth-order valence-electron chi connectivity index (χ4n) is 2.21. The summed E-state index contributed by atoms with van der Waals surface area (Å²) >= 11 is 0. The van der Waals surface area contributed by atoms with Crippen molar-refractivity contribution in [1.82, 2.24) is 0 Å². The van der Waals surface area contributed by atoms with Gasteiger partial charge in [-0.1, -0.05) is 48.6 Å². The first-order valence-corrected chi connectivity index (χ1v) is 6.64. The molecule has 102 valence electrons. The molecule has 0 saturated carbocycles. The molecule has 0 spiro atoms. The first-order valence-electron chi connectivity index (χ1n) is 6.64. The molecule has 0 radical (unpaired) electrons. The van der Waals surface area contributed by atoms with E-state index in [0.29, 0.717) is 0 Å². The number of fused-ring (bicyclic) bond motifs is 1. The average molecular weight is 275 g/mol. The highest BCUT2D eigenvalue weighted by Crippen LogP contribution is 2.18. The van der Waals surface area contributed by atoms with Gasteiger partial charge in [-0.25, -0.2) is 0 Å². The van der Waals surface area contributed by atoms with Gasteiger partial charge in [0, 0.05) is 12.1 Å². The average Bonchev–Trinajstić information content (AvgIpc) is 2.53. The molecular formula is C18H13NO2. The minimum absolute atomic E-state index is 0.109. The quantitative estimate of drug-likeness (QED) is 0.387. The SMILES string of the molecule is O=[N+]([O-])c1ccc(C=Cc2ccc3ccccc3c2)cc1. The summed E-state index contributed by atoms with van der Waals surface area (Å²) in [5, 5.41) is 13.0. The molecule has 3 nitrogen and oxygen atoms in total. The summed E-state index contributed by atoms with van der Waals surface area (Å²) < 4.78 is 0. The van der Waals surface area contributed by atoms with Crippen LogP contribution in [0, 0.1) is 10.1 Å². The normalized spacial score (nSPS) is 11.0. The summed E-state index contributed by atoms with van der Waals surface area (Å²) in [4.78, 5) is 10.2. The monoisotopic (exact) mass is 275 g/mol. The molecule has 0 aliphatic rings. The summed E-state index contributed by atoms with van der Waals surface area (Å²) in [6.45, 7) is 0. The van der Waals surface area contributed by atoms with Crippen molar-refractivity contribution in [3.8, 4) is 0 Å². The molecule has 0 fully saturated rings. The van der Waals surface area contributed by atoms with E-state index in [2.05, 4.69) is 30.3 Å². The van der Waals surface area contributed by atoms with Crippen molar-refractivity contribution in [2.75, 3.05) is 0 Å². The summed E-state index contributed by atoms with van der Waals surface area (Å²) in [6.07, 6.45) is 3.96. The molecular weight excluding hydrogens is 262 g/mol. The lowest BCUT2D eigenvalue weighted by molar-refractivity contribution is -0.384. The third-order valence-corrected chi connectivity index (χ3v) is 3.35. The van der Waals surface area contributed by atoms with Gasteiger partial charge in [-0.15, -0.1) is 0 Å². The van der Waals surface area contributed by atoms with Crippen LogP contribution in [0.3, 0.4) is 0 Å². The van der Waals surface area contributed by atoms with Gasteiger partial charge in [0.15, 0.2) is 0 Å². The van der Waals surface area contributed by atoms with E-state index in [0.717, 1.165) is 11.1 Å². The van der Waals surface area contributed by atoms with E-state index < -0.39 is 4.92 Å². The van der Waals surface area contributed by atoms with Crippen LogP contribution in [-0.4, -0.2) is 4.92 Å². The number of non-ortho nitro benzene ring substituents is 1. The van der Waals surface area contributed by atoms with Crippen LogP contribution >= 0.6 is 0 Å². The third kappa shape index (κ3) is 2.98. The van der Waals surface area contributed by atoms with E-state index in [9.17, 15) is 10.1 Å². The first-order chi connectivity index (χ1) is 10.2. The number of nitro benzene ring substituents is 1. The van der Waals surface area contributed by atoms with Crippen LogP contribution in [0.1, 0.15) is 11.1 Å². The highest BCUT2D eigenvalue weighted by molar-refractivity contribution is 5.85. The van der Waals surface area contributed by atoms with Crippen LogP contribution in [0.4, 0.5) is 5.69 Å². The van der Waals surface area contributed by atoms with Gasteiger partial charge in [-0.05, 0) is 40.1 Å². The van der Waals surface area contributed by atoms with Crippen molar-refractivity contribution in [3.05, 3.63) is 88.0 Å². The Morgan fingerprint density at radius 2 is 1.38 bits per heavy atom. The Kier molecular flexibility index (Phi) is 3.48. The number of rotatable bonds is 3. The Labute approximate surface area is 122 Å². The number of nitro groups is 1. The van der Waals surface area contributed by atoms with Crippen LogP contribution in [0.5, 0.6) is 0 Å². The van der Waals surface area contributed by atoms with Crippen LogP contribution in [0.15, 0.2) is 66.7 Å². The van der Waals surface area contributed by atoms with Gasteiger partial charge >= 0.3 is 0 Å². The molecule has 0 aromatic heterocycles. The first kappa shape index (κ1) is 13.1. The fourth-order valence-corrected chi connectivity index (χ4v) is 2.21. The van der Waals surface area contributed by atoms with Gasteiger partial charge in [0.25, 0.3) is 5.69 Å². The summed E-state index contributed by atoms with van der Waals surface area (Å²) in [5.41, 5.74) is 2.15. The minimum Gasteiger partial charge on any atom is -0.258 e. The fraction of sp³-hybridized carbons (Fsp3) is 0. The molecule has 21 heavy (non-hydrogen) atoms. The maximum absolute atomic E-state index is 10.6. The van der Waals surface area contributed by atoms with Crippen molar-refractivity contribution in [2.45, 2.75) is 0 Å². The smallest absolute Gasteiger partial charge is 0.258 e.